The second-order valence-electron chi connectivity index (χ2n) is 8.00. The van der Waals surface area contributed by atoms with Crippen LogP contribution in [0.4, 0.5) is 10.2 Å². The Morgan fingerprint density at radius 3 is 2.70 bits per heavy atom. The summed E-state index contributed by atoms with van der Waals surface area (Å²) in [5.74, 6) is -0.150. The third kappa shape index (κ3) is 3.80. The van der Waals surface area contributed by atoms with E-state index in [0.717, 1.165) is 23.4 Å². The van der Waals surface area contributed by atoms with Gasteiger partial charge in [0.05, 0.1) is 28.9 Å². The summed E-state index contributed by atoms with van der Waals surface area (Å²) >= 11 is 5.75. The highest BCUT2D eigenvalue weighted by Gasteiger charge is 2.35. The number of carbonyl (C=O) groups excluding carboxylic acids is 1. The minimum Gasteiger partial charge on any atom is -0.387 e. The SMILES string of the molecule is C[C@@H]1C[C@@H](O)c2ncnc(N3CCN(C(N)C(C=O)c4ccc(Cl)c(F)c4)CC3)c21. The lowest BCUT2D eigenvalue weighted by molar-refractivity contribution is -0.110. The lowest BCUT2D eigenvalue weighted by Gasteiger charge is -2.40. The van der Waals surface area contributed by atoms with Crippen molar-refractivity contribution in [3.8, 4) is 0 Å². The largest absolute Gasteiger partial charge is 0.387 e. The highest BCUT2D eigenvalue weighted by Crippen LogP contribution is 2.42. The van der Waals surface area contributed by atoms with E-state index >= 15 is 0 Å². The van der Waals surface area contributed by atoms with Gasteiger partial charge in [0.15, 0.2) is 0 Å². The van der Waals surface area contributed by atoms with E-state index in [0.29, 0.717) is 38.2 Å². The Kier molecular flexibility index (Phi) is 6.02. The van der Waals surface area contributed by atoms with Crippen LogP contribution >= 0.6 is 11.6 Å². The summed E-state index contributed by atoms with van der Waals surface area (Å²) in [6, 6.07) is 4.35. The average molecular weight is 434 g/mol. The van der Waals surface area contributed by atoms with Gasteiger partial charge < -0.3 is 20.5 Å². The number of benzene rings is 1. The van der Waals surface area contributed by atoms with Gasteiger partial charge in [-0.25, -0.2) is 14.4 Å². The molecule has 1 aromatic heterocycles. The van der Waals surface area contributed by atoms with E-state index in [1.165, 1.54) is 18.5 Å². The zero-order chi connectivity index (χ0) is 21.4. The molecule has 1 fully saturated rings. The van der Waals surface area contributed by atoms with Crippen LogP contribution in [0.25, 0.3) is 0 Å². The van der Waals surface area contributed by atoms with Crippen molar-refractivity contribution in [3.05, 3.63) is 52.2 Å². The minimum atomic E-state index is -0.651. The molecule has 30 heavy (non-hydrogen) atoms. The van der Waals surface area contributed by atoms with Gasteiger partial charge >= 0.3 is 0 Å². The zero-order valence-electron chi connectivity index (χ0n) is 16.7. The molecule has 4 atom stereocenters. The molecule has 2 unspecified atom stereocenters. The van der Waals surface area contributed by atoms with E-state index in [9.17, 15) is 14.3 Å². The lowest BCUT2D eigenvalue weighted by Crippen LogP contribution is -2.55. The second kappa shape index (κ2) is 8.55. The number of aliphatic hydroxyl groups is 1. The van der Waals surface area contributed by atoms with E-state index in [-0.39, 0.29) is 10.9 Å². The molecule has 1 aliphatic heterocycles. The fraction of sp³-hybridized carbons (Fsp3) is 0.476. The number of aldehydes is 1. The zero-order valence-corrected chi connectivity index (χ0v) is 17.5. The van der Waals surface area contributed by atoms with Crippen LogP contribution in [0.15, 0.2) is 24.5 Å². The summed E-state index contributed by atoms with van der Waals surface area (Å²) in [4.78, 5) is 24.7. The lowest BCUT2D eigenvalue weighted by atomic mass is 9.96. The molecule has 4 rings (SSSR count). The molecule has 1 saturated heterocycles. The maximum Gasteiger partial charge on any atom is 0.142 e. The van der Waals surface area contributed by atoms with Crippen LogP contribution in [0.2, 0.25) is 5.02 Å². The number of nitrogens with zero attached hydrogens (tertiary/aromatic N) is 4. The Morgan fingerprint density at radius 1 is 1.30 bits per heavy atom. The van der Waals surface area contributed by atoms with Gasteiger partial charge in [0.2, 0.25) is 0 Å². The molecule has 1 aliphatic carbocycles. The number of rotatable bonds is 5. The minimum absolute atomic E-state index is 0.0160. The molecular formula is C21H25ClFN5O2. The maximum absolute atomic E-state index is 13.8. The van der Waals surface area contributed by atoms with Crippen LogP contribution in [0.5, 0.6) is 0 Å². The molecule has 0 saturated carbocycles. The van der Waals surface area contributed by atoms with Crippen molar-refractivity contribution in [1.29, 1.82) is 0 Å². The van der Waals surface area contributed by atoms with Crippen LogP contribution in [0.3, 0.4) is 0 Å². The Labute approximate surface area is 179 Å². The second-order valence-corrected chi connectivity index (χ2v) is 8.40. The van der Waals surface area contributed by atoms with Crippen molar-refractivity contribution >= 4 is 23.7 Å². The summed E-state index contributed by atoms with van der Waals surface area (Å²) < 4.78 is 13.8. The smallest absolute Gasteiger partial charge is 0.142 e. The van der Waals surface area contributed by atoms with Crippen LogP contribution in [0, 0.1) is 5.82 Å². The molecule has 3 N–H and O–H groups in total. The average Bonchev–Trinajstić information content (AvgIpc) is 3.05. The molecule has 160 valence electrons. The molecule has 2 aliphatic rings. The van der Waals surface area contributed by atoms with Gasteiger partial charge in [0.1, 0.15) is 24.2 Å². The Morgan fingerprint density at radius 2 is 2.03 bits per heavy atom. The number of nitrogens with two attached hydrogens (primary N) is 1. The van der Waals surface area contributed by atoms with E-state index in [1.807, 2.05) is 4.90 Å². The summed E-state index contributed by atoms with van der Waals surface area (Å²) in [7, 11) is 0. The van der Waals surface area contributed by atoms with E-state index in [2.05, 4.69) is 21.8 Å². The van der Waals surface area contributed by atoms with Crippen molar-refractivity contribution in [2.45, 2.75) is 37.5 Å². The number of fused-ring (bicyclic) bond motifs is 1. The molecule has 2 heterocycles. The number of halogens is 2. The Bertz CT molecular complexity index is 938. The van der Waals surface area contributed by atoms with Crippen LogP contribution < -0.4 is 10.6 Å². The molecule has 7 nitrogen and oxygen atoms in total. The van der Waals surface area contributed by atoms with Crippen molar-refractivity contribution in [1.82, 2.24) is 14.9 Å². The highest BCUT2D eigenvalue weighted by atomic mass is 35.5. The third-order valence-electron chi connectivity index (χ3n) is 6.16. The molecular weight excluding hydrogens is 409 g/mol. The first kappa shape index (κ1) is 21.1. The molecule has 0 bridgehead atoms. The van der Waals surface area contributed by atoms with Gasteiger partial charge in [0, 0.05) is 31.7 Å². The van der Waals surface area contributed by atoms with Gasteiger partial charge in [0.25, 0.3) is 0 Å². The standard InChI is InChI=1S/C21H25ClFN5O2/c1-12-8-17(30)19-18(12)21(26-11-25-19)28-6-4-27(5-7-28)20(24)14(10-29)13-2-3-15(22)16(23)9-13/h2-3,9-12,14,17,20,30H,4-8,24H2,1H3/t12-,14?,17-,20?/m1/s1. The number of hydrogen-bond acceptors (Lipinski definition) is 7. The predicted octanol–water partition coefficient (Wildman–Crippen LogP) is 2.20. The molecule has 2 aromatic rings. The molecule has 0 radical (unpaired) electrons. The predicted molar refractivity (Wildman–Crippen MR) is 112 cm³/mol. The summed E-state index contributed by atoms with van der Waals surface area (Å²) in [5, 5.41) is 10.2. The van der Waals surface area contributed by atoms with Gasteiger partial charge in [-0.2, -0.15) is 0 Å². The number of hydrogen-bond donors (Lipinski definition) is 2. The normalized spacial score (nSPS) is 23.8. The van der Waals surface area contributed by atoms with Crippen molar-refractivity contribution in [2.75, 3.05) is 31.1 Å². The quantitative estimate of drug-likeness (QED) is 0.698. The first-order valence-corrected chi connectivity index (χ1v) is 10.5. The fourth-order valence-corrected chi connectivity index (χ4v) is 4.61. The first-order valence-electron chi connectivity index (χ1n) is 10.1. The van der Waals surface area contributed by atoms with E-state index in [4.69, 9.17) is 17.3 Å². The Hall–Kier alpha value is -2.13. The first-order chi connectivity index (χ1) is 14.4. The number of aliphatic hydroxyl groups excluding tert-OH is 1. The molecule has 1 aromatic carbocycles. The third-order valence-corrected chi connectivity index (χ3v) is 6.46. The van der Waals surface area contributed by atoms with Crippen LogP contribution in [-0.4, -0.2) is 58.6 Å². The summed E-state index contributed by atoms with van der Waals surface area (Å²) in [6.45, 7) is 4.71. The number of carbonyl (C=O) groups is 1. The molecule has 0 amide bonds. The highest BCUT2D eigenvalue weighted by molar-refractivity contribution is 6.30. The Balaban J connectivity index is 1.47. The van der Waals surface area contributed by atoms with Gasteiger partial charge in [-0.1, -0.05) is 24.6 Å². The topological polar surface area (TPSA) is 95.6 Å². The van der Waals surface area contributed by atoms with Crippen LogP contribution in [0.1, 0.15) is 48.1 Å². The summed E-state index contributed by atoms with van der Waals surface area (Å²) in [5.41, 5.74) is 8.65. The van der Waals surface area contributed by atoms with Crippen LogP contribution in [-0.2, 0) is 4.79 Å². The van der Waals surface area contributed by atoms with E-state index in [1.54, 1.807) is 6.07 Å². The number of anilines is 1. The van der Waals surface area contributed by atoms with Gasteiger partial charge in [-0.15, -0.1) is 0 Å². The number of aromatic nitrogens is 2. The van der Waals surface area contributed by atoms with Crippen molar-refractivity contribution in [2.24, 2.45) is 5.73 Å². The van der Waals surface area contributed by atoms with Crippen molar-refractivity contribution in [3.63, 3.8) is 0 Å². The fourth-order valence-electron chi connectivity index (χ4n) is 4.49. The van der Waals surface area contributed by atoms with Gasteiger partial charge in [-0.05, 0) is 30.0 Å². The summed E-state index contributed by atoms with van der Waals surface area (Å²) in [6.07, 6.45) is 1.82. The monoisotopic (exact) mass is 433 g/mol. The maximum atomic E-state index is 13.8. The van der Waals surface area contributed by atoms with E-state index < -0.39 is 24.0 Å². The molecule has 9 heteroatoms. The van der Waals surface area contributed by atoms with Crippen molar-refractivity contribution < 1.29 is 14.3 Å². The number of piperazine rings is 1. The molecule has 0 spiro atoms. The van der Waals surface area contributed by atoms with Gasteiger partial charge in [-0.3, -0.25) is 4.90 Å².